The van der Waals surface area contributed by atoms with E-state index >= 15 is 0 Å². The fraction of sp³-hybridized carbons (Fsp3) is 0.625. The van der Waals surface area contributed by atoms with Crippen LogP contribution in [0.1, 0.15) is 38.5 Å². The molecule has 2 rings (SSSR count). The van der Waals surface area contributed by atoms with E-state index in [0.29, 0.717) is 12.6 Å². The van der Waals surface area contributed by atoms with Gasteiger partial charge in [-0.2, -0.15) is 0 Å². The van der Waals surface area contributed by atoms with Gasteiger partial charge in [0.25, 0.3) is 0 Å². The lowest BCUT2D eigenvalue weighted by molar-refractivity contribution is 0.324. The van der Waals surface area contributed by atoms with Gasteiger partial charge in [0.2, 0.25) is 0 Å². The Bertz CT molecular complexity index is 375. The number of nitrogens with one attached hydrogen (secondary N) is 1. The predicted octanol–water partition coefficient (Wildman–Crippen LogP) is 3.40. The molecule has 0 amide bonds. The summed E-state index contributed by atoms with van der Waals surface area (Å²) in [5.41, 5.74) is 6.98. The molecular weight excluding hydrogens is 236 g/mol. The van der Waals surface area contributed by atoms with Crippen LogP contribution in [0.2, 0.25) is 0 Å². The van der Waals surface area contributed by atoms with E-state index in [4.69, 9.17) is 10.5 Å². The Morgan fingerprint density at radius 2 is 2.00 bits per heavy atom. The van der Waals surface area contributed by atoms with Crippen molar-refractivity contribution in [2.75, 3.05) is 19.0 Å². The van der Waals surface area contributed by atoms with Crippen LogP contribution in [0.25, 0.3) is 0 Å². The van der Waals surface area contributed by atoms with Gasteiger partial charge in [-0.3, -0.25) is 0 Å². The summed E-state index contributed by atoms with van der Waals surface area (Å²) in [6.07, 6.45) is 8.08. The molecule has 19 heavy (non-hydrogen) atoms. The second kappa shape index (κ2) is 7.39. The third kappa shape index (κ3) is 4.13. The van der Waals surface area contributed by atoms with Gasteiger partial charge in [0, 0.05) is 12.6 Å². The maximum Gasteiger partial charge on any atom is 0.141 e. The topological polar surface area (TPSA) is 47.3 Å². The lowest BCUT2D eigenvalue weighted by Crippen LogP contribution is -2.31. The van der Waals surface area contributed by atoms with E-state index in [-0.39, 0.29) is 0 Å². The molecule has 0 bridgehead atoms. The fourth-order valence-corrected chi connectivity index (χ4v) is 3.02. The molecule has 0 aliphatic heterocycles. The SMILES string of the molecule is COc1ccccc1NC(CN)CC1CCCCC1. The first kappa shape index (κ1) is 14.2. The number of hydrogen-bond acceptors (Lipinski definition) is 3. The van der Waals surface area contributed by atoms with Gasteiger partial charge >= 0.3 is 0 Å². The maximum atomic E-state index is 5.93. The van der Waals surface area contributed by atoms with Gasteiger partial charge in [0.05, 0.1) is 12.8 Å². The van der Waals surface area contributed by atoms with Crippen molar-refractivity contribution >= 4 is 5.69 Å². The van der Waals surface area contributed by atoms with Crippen molar-refractivity contribution in [3.05, 3.63) is 24.3 Å². The molecule has 1 saturated carbocycles. The molecule has 0 radical (unpaired) electrons. The highest BCUT2D eigenvalue weighted by Gasteiger charge is 2.18. The van der Waals surface area contributed by atoms with Gasteiger partial charge in [0.15, 0.2) is 0 Å². The molecule has 3 N–H and O–H groups in total. The number of benzene rings is 1. The van der Waals surface area contributed by atoms with Crippen LogP contribution in [0.3, 0.4) is 0 Å². The highest BCUT2D eigenvalue weighted by Crippen LogP contribution is 2.29. The number of para-hydroxylation sites is 2. The minimum atomic E-state index is 0.347. The lowest BCUT2D eigenvalue weighted by Gasteiger charge is -2.27. The van der Waals surface area contributed by atoms with E-state index in [1.54, 1.807) is 7.11 Å². The molecule has 1 aromatic carbocycles. The van der Waals surface area contributed by atoms with Crippen LogP contribution in [0.5, 0.6) is 5.75 Å². The average Bonchev–Trinajstić information content (AvgIpc) is 2.48. The molecule has 1 atom stereocenters. The van der Waals surface area contributed by atoms with Crippen LogP contribution in [-0.4, -0.2) is 19.7 Å². The molecule has 0 aromatic heterocycles. The Kier molecular flexibility index (Phi) is 5.52. The number of nitrogens with two attached hydrogens (primary N) is 1. The van der Waals surface area contributed by atoms with Gasteiger partial charge in [-0.05, 0) is 24.5 Å². The van der Waals surface area contributed by atoms with E-state index in [2.05, 4.69) is 11.4 Å². The zero-order valence-electron chi connectivity index (χ0n) is 11.9. The number of hydrogen-bond donors (Lipinski definition) is 2. The average molecular weight is 262 g/mol. The summed E-state index contributed by atoms with van der Waals surface area (Å²) in [5.74, 6) is 1.73. The van der Waals surface area contributed by atoms with Crippen LogP contribution in [0.15, 0.2) is 24.3 Å². The predicted molar refractivity (Wildman–Crippen MR) is 80.7 cm³/mol. The highest BCUT2D eigenvalue weighted by atomic mass is 16.5. The first-order valence-corrected chi connectivity index (χ1v) is 7.43. The Labute approximate surface area is 116 Å². The first-order chi connectivity index (χ1) is 9.33. The first-order valence-electron chi connectivity index (χ1n) is 7.43. The summed E-state index contributed by atoms with van der Waals surface area (Å²) in [6, 6.07) is 8.40. The van der Waals surface area contributed by atoms with E-state index < -0.39 is 0 Å². The summed E-state index contributed by atoms with van der Waals surface area (Å²) in [6.45, 7) is 0.675. The number of anilines is 1. The van der Waals surface area contributed by atoms with E-state index in [1.807, 2.05) is 18.2 Å². The van der Waals surface area contributed by atoms with Crippen LogP contribution >= 0.6 is 0 Å². The van der Waals surface area contributed by atoms with Crippen molar-refractivity contribution < 1.29 is 4.74 Å². The van der Waals surface area contributed by atoms with Gasteiger partial charge in [-0.1, -0.05) is 44.2 Å². The van der Waals surface area contributed by atoms with Crippen LogP contribution in [0.4, 0.5) is 5.69 Å². The Morgan fingerprint density at radius 1 is 1.26 bits per heavy atom. The molecule has 1 aliphatic rings. The molecule has 3 nitrogen and oxygen atoms in total. The third-order valence-electron chi connectivity index (χ3n) is 4.09. The summed E-state index contributed by atoms with van der Waals surface area (Å²) >= 11 is 0. The molecule has 106 valence electrons. The standard InChI is InChI=1S/C16H26N2O/c1-19-16-10-6-5-9-15(16)18-14(12-17)11-13-7-3-2-4-8-13/h5-6,9-10,13-14,18H,2-4,7-8,11-12,17H2,1H3. The normalized spacial score (nSPS) is 18.0. The molecule has 1 unspecified atom stereocenters. The van der Waals surface area contributed by atoms with E-state index in [1.165, 1.54) is 38.5 Å². The molecule has 1 aromatic rings. The molecule has 0 spiro atoms. The number of methoxy groups -OCH3 is 1. The number of ether oxygens (including phenoxy) is 1. The largest absolute Gasteiger partial charge is 0.495 e. The smallest absolute Gasteiger partial charge is 0.141 e. The molecule has 1 aliphatic carbocycles. The van der Waals surface area contributed by atoms with Crippen molar-refractivity contribution in [1.29, 1.82) is 0 Å². The second-order valence-electron chi connectivity index (χ2n) is 5.52. The molecular formula is C16H26N2O. The van der Waals surface area contributed by atoms with Crippen molar-refractivity contribution in [3.8, 4) is 5.75 Å². The Balaban J connectivity index is 1.94. The van der Waals surface area contributed by atoms with Crippen LogP contribution in [0, 0.1) is 5.92 Å². The van der Waals surface area contributed by atoms with Gasteiger partial charge in [-0.15, -0.1) is 0 Å². The zero-order chi connectivity index (χ0) is 13.5. The minimum absolute atomic E-state index is 0.347. The lowest BCUT2D eigenvalue weighted by atomic mass is 9.85. The van der Waals surface area contributed by atoms with Crippen molar-refractivity contribution in [2.45, 2.75) is 44.6 Å². The molecule has 0 heterocycles. The minimum Gasteiger partial charge on any atom is -0.495 e. The highest BCUT2D eigenvalue weighted by molar-refractivity contribution is 5.56. The van der Waals surface area contributed by atoms with Crippen LogP contribution < -0.4 is 15.8 Å². The van der Waals surface area contributed by atoms with Crippen molar-refractivity contribution in [2.24, 2.45) is 11.7 Å². The summed E-state index contributed by atoms with van der Waals surface area (Å²) in [4.78, 5) is 0. The maximum absolute atomic E-state index is 5.93. The van der Waals surface area contributed by atoms with Crippen molar-refractivity contribution in [1.82, 2.24) is 0 Å². The van der Waals surface area contributed by atoms with E-state index in [0.717, 1.165) is 17.4 Å². The molecule has 3 heteroatoms. The van der Waals surface area contributed by atoms with E-state index in [9.17, 15) is 0 Å². The Hall–Kier alpha value is -1.22. The summed E-state index contributed by atoms with van der Waals surface area (Å²) in [5, 5.41) is 3.55. The molecule has 1 fully saturated rings. The Morgan fingerprint density at radius 3 is 2.68 bits per heavy atom. The third-order valence-corrected chi connectivity index (χ3v) is 4.09. The monoisotopic (exact) mass is 262 g/mol. The molecule has 0 saturated heterocycles. The quantitative estimate of drug-likeness (QED) is 0.826. The van der Waals surface area contributed by atoms with Crippen LogP contribution in [-0.2, 0) is 0 Å². The number of rotatable bonds is 6. The van der Waals surface area contributed by atoms with Gasteiger partial charge in [-0.25, -0.2) is 0 Å². The summed E-state index contributed by atoms with van der Waals surface area (Å²) < 4.78 is 5.38. The fourth-order valence-electron chi connectivity index (χ4n) is 3.02. The zero-order valence-corrected chi connectivity index (χ0v) is 11.9. The van der Waals surface area contributed by atoms with Gasteiger partial charge in [0.1, 0.15) is 5.75 Å². The summed E-state index contributed by atoms with van der Waals surface area (Å²) in [7, 11) is 1.71. The van der Waals surface area contributed by atoms with Gasteiger partial charge < -0.3 is 15.8 Å². The second-order valence-corrected chi connectivity index (χ2v) is 5.52. The van der Waals surface area contributed by atoms with Crippen molar-refractivity contribution in [3.63, 3.8) is 0 Å².